The van der Waals surface area contributed by atoms with Gasteiger partial charge in [-0.25, -0.2) is 4.98 Å². The van der Waals surface area contributed by atoms with Gasteiger partial charge >= 0.3 is 0 Å². The summed E-state index contributed by atoms with van der Waals surface area (Å²) >= 11 is 0. The van der Waals surface area contributed by atoms with E-state index in [2.05, 4.69) is 46.5 Å². The van der Waals surface area contributed by atoms with Crippen molar-refractivity contribution in [1.82, 2.24) is 19.5 Å². The van der Waals surface area contributed by atoms with E-state index in [4.69, 9.17) is 0 Å². The van der Waals surface area contributed by atoms with Gasteiger partial charge in [0.25, 0.3) is 0 Å². The summed E-state index contributed by atoms with van der Waals surface area (Å²) in [6.07, 6.45) is 2.98. The third-order valence-electron chi connectivity index (χ3n) is 3.77. The van der Waals surface area contributed by atoms with Gasteiger partial charge in [0, 0.05) is 23.9 Å². The first-order valence-corrected chi connectivity index (χ1v) is 7.94. The third kappa shape index (κ3) is 3.51. The maximum atomic E-state index is 4.68. The van der Waals surface area contributed by atoms with Crippen LogP contribution in [0.3, 0.4) is 0 Å². The molecule has 0 fully saturated rings. The van der Waals surface area contributed by atoms with E-state index in [0.717, 1.165) is 47.8 Å². The molecule has 0 atom stereocenters. The zero-order chi connectivity index (χ0) is 16.2. The zero-order valence-corrected chi connectivity index (χ0v) is 14.0. The van der Waals surface area contributed by atoms with E-state index >= 15 is 0 Å². The Morgan fingerprint density at radius 2 is 1.96 bits per heavy atom. The number of aromatic nitrogens is 3. The van der Waals surface area contributed by atoms with Gasteiger partial charge < -0.3 is 10.2 Å². The molecule has 0 radical (unpaired) electrons. The minimum Gasteiger partial charge on any atom is -0.370 e. The molecule has 23 heavy (non-hydrogen) atoms. The summed E-state index contributed by atoms with van der Waals surface area (Å²) in [6.45, 7) is 4.00. The van der Waals surface area contributed by atoms with E-state index in [1.165, 1.54) is 0 Å². The van der Waals surface area contributed by atoms with Crippen molar-refractivity contribution in [3.05, 3.63) is 48.3 Å². The third-order valence-corrected chi connectivity index (χ3v) is 3.77. The zero-order valence-electron chi connectivity index (χ0n) is 14.0. The molecule has 0 amide bonds. The van der Waals surface area contributed by atoms with Gasteiger partial charge in [-0.3, -0.25) is 0 Å². The highest BCUT2D eigenvalue weighted by molar-refractivity contribution is 5.78. The quantitative estimate of drug-likeness (QED) is 0.711. The topological polar surface area (TPSA) is 45.5 Å². The van der Waals surface area contributed by atoms with Crippen LogP contribution in [0.4, 0.5) is 5.82 Å². The summed E-state index contributed by atoms with van der Waals surface area (Å²) in [5.41, 5.74) is 4.08. The Labute approximate surface area is 137 Å². The number of nitrogens with one attached hydrogen (secondary N) is 1. The second-order valence-corrected chi connectivity index (χ2v) is 6.03. The standard InChI is InChI=1S/C18H23N5/c1-14-12-17(19-10-7-11-22(2)3)23-18(21-14)16(13-20-23)15-8-5-4-6-9-15/h4-6,8-9,12-13,19H,7,10-11H2,1-3H3. The molecular weight excluding hydrogens is 286 g/mol. The monoisotopic (exact) mass is 309 g/mol. The minimum absolute atomic E-state index is 0.895. The van der Waals surface area contributed by atoms with Crippen molar-refractivity contribution in [2.24, 2.45) is 0 Å². The molecule has 0 aliphatic rings. The molecular formula is C18H23N5. The Bertz CT molecular complexity index is 777. The first-order valence-electron chi connectivity index (χ1n) is 7.94. The Kier molecular flexibility index (Phi) is 4.57. The van der Waals surface area contributed by atoms with Crippen LogP contribution in [0.5, 0.6) is 0 Å². The lowest BCUT2D eigenvalue weighted by Crippen LogP contribution is -2.17. The highest BCUT2D eigenvalue weighted by Crippen LogP contribution is 2.25. The predicted octanol–water partition coefficient (Wildman–Crippen LogP) is 3.07. The summed E-state index contributed by atoms with van der Waals surface area (Å²) < 4.78 is 1.89. The second-order valence-electron chi connectivity index (χ2n) is 6.03. The fourth-order valence-electron chi connectivity index (χ4n) is 2.64. The fourth-order valence-corrected chi connectivity index (χ4v) is 2.64. The lowest BCUT2D eigenvalue weighted by molar-refractivity contribution is 0.405. The SMILES string of the molecule is Cc1cc(NCCCN(C)C)n2ncc(-c3ccccc3)c2n1. The minimum atomic E-state index is 0.895. The van der Waals surface area contributed by atoms with E-state index in [0.29, 0.717) is 0 Å². The molecule has 1 aromatic carbocycles. The summed E-state index contributed by atoms with van der Waals surface area (Å²) in [7, 11) is 4.18. The van der Waals surface area contributed by atoms with Crippen LogP contribution in [0.15, 0.2) is 42.6 Å². The van der Waals surface area contributed by atoms with Gasteiger partial charge in [-0.05, 0) is 39.5 Å². The van der Waals surface area contributed by atoms with Gasteiger partial charge in [-0.1, -0.05) is 30.3 Å². The molecule has 0 saturated carbocycles. The van der Waals surface area contributed by atoms with Gasteiger partial charge in [-0.15, -0.1) is 0 Å². The molecule has 0 spiro atoms. The van der Waals surface area contributed by atoms with Crippen molar-refractivity contribution >= 4 is 11.5 Å². The molecule has 0 unspecified atom stereocenters. The van der Waals surface area contributed by atoms with Crippen LogP contribution in [0.25, 0.3) is 16.8 Å². The van der Waals surface area contributed by atoms with E-state index in [9.17, 15) is 0 Å². The van der Waals surface area contributed by atoms with E-state index < -0.39 is 0 Å². The molecule has 0 bridgehead atoms. The number of rotatable bonds is 6. The fraction of sp³-hybridized carbons (Fsp3) is 0.333. The number of benzene rings is 1. The molecule has 0 aliphatic carbocycles. The molecule has 3 rings (SSSR count). The highest BCUT2D eigenvalue weighted by Gasteiger charge is 2.11. The summed E-state index contributed by atoms with van der Waals surface area (Å²) in [6, 6.07) is 12.3. The maximum absolute atomic E-state index is 4.68. The molecule has 5 heteroatoms. The Balaban J connectivity index is 1.90. The average molecular weight is 309 g/mol. The van der Waals surface area contributed by atoms with Crippen LogP contribution in [0, 0.1) is 6.92 Å². The van der Waals surface area contributed by atoms with Crippen molar-refractivity contribution in [3.8, 4) is 11.1 Å². The lowest BCUT2D eigenvalue weighted by Gasteiger charge is -2.12. The average Bonchev–Trinajstić information content (AvgIpc) is 2.95. The predicted molar refractivity (Wildman–Crippen MR) is 94.8 cm³/mol. The van der Waals surface area contributed by atoms with Crippen molar-refractivity contribution < 1.29 is 0 Å². The Morgan fingerprint density at radius 3 is 2.70 bits per heavy atom. The molecule has 2 aromatic heterocycles. The van der Waals surface area contributed by atoms with Crippen LogP contribution in [0.1, 0.15) is 12.1 Å². The summed E-state index contributed by atoms with van der Waals surface area (Å²) in [4.78, 5) is 6.87. The molecule has 3 aromatic rings. The smallest absolute Gasteiger partial charge is 0.165 e. The summed E-state index contributed by atoms with van der Waals surface area (Å²) in [5.74, 6) is 0.994. The number of nitrogens with zero attached hydrogens (tertiary/aromatic N) is 4. The van der Waals surface area contributed by atoms with Gasteiger partial charge in [0.2, 0.25) is 0 Å². The number of aryl methyl sites for hydroxylation is 1. The van der Waals surface area contributed by atoms with Crippen molar-refractivity contribution in [2.75, 3.05) is 32.5 Å². The largest absolute Gasteiger partial charge is 0.370 e. The van der Waals surface area contributed by atoms with Gasteiger partial charge in [0.05, 0.1) is 6.20 Å². The number of hydrogen-bond acceptors (Lipinski definition) is 4. The van der Waals surface area contributed by atoms with Gasteiger partial charge in [0.1, 0.15) is 5.82 Å². The van der Waals surface area contributed by atoms with Crippen LogP contribution in [-0.4, -0.2) is 46.7 Å². The maximum Gasteiger partial charge on any atom is 0.165 e. The number of anilines is 1. The van der Waals surface area contributed by atoms with E-state index in [-0.39, 0.29) is 0 Å². The normalized spacial score (nSPS) is 11.3. The molecule has 0 saturated heterocycles. The van der Waals surface area contributed by atoms with Crippen LogP contribution >= 0.6 is 0 Å². The number of fused-ring (bicyclic) bond motifs is 1. The molecule has 120 valence electrons. The summed E-state index contributed by atoms with van der Waals surface area (Å²) in [5, 5.41) is 8.01. The van der Waals surface area contributed by atoms with Crippen LogP contribution in [0.2, 0.25) is 0 Å². The Hall–Kier alpha value is -2.40. The lowest BCUT2D eigenvalue weighted by atomic mass is 10.1. The number of hydrogen-bond donors (Lipinski definition) is 1. The second kappa shape index (κ2) is 6.79. The van der Waals surface area contributed by atoms with Crippen molar-refractivity contribution in [1.29, 1.82) is 0 Å². The molecule has 1 N–H and O–H groups in total. The first-order chi connectivity index (χ1) is 11.1. The van der Waals surface area contributed by atoms with E-state index in [1.807, 2.05) is 41.9 Å². The first kappa shape index (κ1) is 15.5. The van der Waals surface area contributed by atoms with E-state index in [1.54, 1.807) is 0 Å². The highest BCUT2D eigenvalue weighted by atomic mass is 15.3. The van der Waals surface area contributed by atoms with Crippen molar-refractivity contribution in [3.63, 3.8) is 0 Å². The van der Waals surface area contributed by atoms with Crippen LogP contribution in [-0.2, 0) is 0 Å². The molecule has 2 heterocycles. The molecule has 0 aliphatic heterocycles. The molecule has 5 nitrogen and oxygen atoms in total. The Morgan fingerprint density at radius 1 is 1.17 bits per heavy atom. The van der Waals surface area contributed by atoms with Gasteiger partial charge in [-0.2, -0.15) is 9.61 Å². The van der Waals surface area contributed by atoms with Crippen LogP contribution < -0.4 is 5.32 Å². The van der Waals surface area contributed by atoms with Gasteiger partial charge in [0.15, 0.2) is 5.65 Å². The van der Waals surface area contributed by atoms with Crippen molar-refractivity contribution in [2.45, 2.75) is 13.3 Å².